The van der Waals surface area contributed by atoms with E-state index in [1.807, 2.05) is 24.3 Å². The molecule has 0 spiro atoms. The van der Waals surface area contributed by atoms with Gasteiger partial charge < -0.3 is 9.42 Å². The van der Waals surface area contributed by atoms with Gasteiger partial charge in [0, 0.05) is 45.0 Å². The van der Waals surface area contributed by atoms with Gasteiger partial charge in [0.05, 0.1) is 6.54 Å². The van der Waals surface area contributed by atoms with Crippen molar-refractivity contribution in [2.75, 3.05) is 31.1 Å². The molecule has 0 aliphatic carbocycles. The predicted octanol–water partition coefficient (Wildman–Crippen LogP) is 1.77. The lowest BCUT2D eigenvalue weighted by atomic mass is 10.1. The third kappa shape index (κ3) is 4.00. The topological polar surface area (TPSA) is 71.2 Å². The average Bonchev–Trinajstić information content (AvgIpc) is 3.11. The van der Waals surface area contributed by atoms with E-state index in [2.05, 4.69) is 42.0 Å². The molecule has 0 saturated carbocycles. The van der Waals surface area contributed by atoms with Gasteiger partial charge in [0.1, 0.15) is 0 Å². The normalized spacial score (nSPS) is 15.4. The zero-order valence-corrected chi connectivity index (χ0v) is 14.0. The second-order valence-electron chi connectivity index (χ2n) is 6.08. The summed E-state index contributed by atoms with van der Waals surface area (Å²) in [5.74, 6) is 2.21. The second-order valence-corrected chi connectivity index (χ2v) is 6.08. The van der Waals surface area contributed by atoms with Crippen LogP contribution in [0.5, 0.6) is 0 Å². The minimum Gasteiger partial charge on any atom is -0.338 e. The van der Waals surface area contributed by atoms with Crippen LogP contribution in [0.1, 0.15) is 17.3 Å². The van der Waals surface area contributed by atoms with E-state index in [1.54, 1.807) is 12.4 Å². The number of rotatable bonds is 5. The number of piperazine rings is 1. The molecule has 7 heteroatoms. The van der Waals surface area contributed by atoms with Crippen molar-refractivity contribution in [3.05, 3.63) is 66.1 Å². The van der Waals surface area contributed by atoms with Crippen molar-refractivity contribution in [2.24, 2.45) is 0 Å². The first-order valence-electron chi connectivity index (χ1n) is 8.46. The number of aromatic nitrogens is 4. The SMILES string of the molecule is c1ccc(Cc2noc(CN3CCN(c4ncccn4)CC3)n2)cc1. The fourth-order valence-corrected chi connectivity index (χ4v) is 2.96. The van der Waals surface area contributed by atoms with E-state index in [-0.39, 0.29) is 0 Å². The van der Waals surface area contributed by atoms with Crippen LogP contribution in [0.25, 0.3) is 0 Å². The Morgan fingerprint density at radius 1 is 0.920 bits per heavy atom. The van der Waals surface area contributed by atoms with Crippen molar-refractivity contribution in [2.45, 2.75) is 13.0 Å². The Labute approximate surface area is 146 Å². The average molecular weight is 336 g/mol. The Morgan fingerprint density at radius 3 is 2.44 bits per heavy atom. The van der Waals surface area contributed by atoms with Crippen LogP contribution in [-0.2, 0) is 13.0 Å². The second kappa shape index (κ2) is 7.40. The summed E-state index contributed by atoms with van der Waals surface area (Å²) in [5.41, 5.74) is 1.19. The predicted molar refractivity (Wildman–Crippen MR) is 93.1 cm³/mol. The highest BCUT2D eigenvalue weighted by Gasteiger charge is 2.20. The number of benzene rings is 1. The molecule has 128 valence electrons. The number of anilines is 1. The Hall–Kier alpha value is -2.80. The summed E-state index contributed by atoms with van der Waals surface area (Å²) >= 11 is 0. The van der Waals surface area contributed by atoms with Crippen molar-refractivity contribution in [1.29, 1.82) is 0 Å². The highest BCUT2D eigenvalue weighted by Crippen LogP contribution is 2.12. The van der Waals surface area contributed by atoms with Gasteiger partial charge in [0.2, 0.25) is 11.8 Å². The summed E-state index contributed by atoms with van der Waals surface area (Å²) in [4.78, 5) is 17.7. The molecule has 3 heterocycles. The summed E-state index contributed by atoms with van der Waals surface area (Å²) in [6.45, 7) is 4.33. The summed E-state index contributed by atoms with van der Waals surface area (Å²) in [5, 5.41) is 4.10. The zero-order valence-electron chi connectivity index (χ0n) is 14.0. The van der Waals surface area contributed by atoms with Crippen LogP contribution >= 0.6 is 0 Å². The Bertz CT molecular complexity index is 784. The lowest BCUT2D eigenvalue weighted by Gasteiger charge is -2.33. The molecule has 7 nitrogen and oxygen atoms in total. The third-order valence-electron chi connectivity index (χ3n) is 4.28. The standard InChI is InChI=1S/C18H20N6O/c1-2-5-15(6-3-1)13-16-21-17(25-22-16)14-23-9-11-24(12-10-23)18-19-7-4-8-20-18/h1-8H,9-14H2. The van der Waals surface area contributed by atoms with E-state index in [4.69, 9.17) is 4.52 Å². The van der Waals surface area contributed by atoms with Crippen LogP contribution in [0, 0.1) is 0 Å². The molecule has 1 saturated heterocycles. The first-order chi connectivity index (χ1) is 12.4. The first-order valence-corrected chi connectivity index (χ1v) is 8.46. The lowest BCUT2D eigenvalue weighted by molar-refractivity contribution is 0.214. The summed E-state index contributed by atoms with van der Waals surface area (Å²) in [7, 11) is 0. The fourth-order valence-electron chi connectivity index (χ4n) is 2.96. The van der Waals surface area contributed by atoms with Crippen molar-refractivity contribution in [3.63, 3.8) is 0 Å². The van der Waals surface area contributed by atoms with E-state index in [1.165, 1.54) is 5.56 Å². The first kappa shape index (κ1) is 15.7. The Kier molecular flexibility index (Phi) is 4.65. The molecule has 0 amide bonds. The van der Waals surface area contributed by atoms with Gasteiger partial charge in [0.25, 0.3) is 0 Å². The van der Waals surface area contributed by atoms with E-state index < -0.39 is 0 Å². The van der Waals surface area contributed by atoms with Gasteiger partial charge >= 0.3 is 0 Å². The molecule has 0 bridgehead atoms. The van der Waals surface area contributed by atoms with E-state index in [0.717, 1.165) is 38.0 Å². The molecule has 25 heavy (non-hydrogen) atoms. The summed E-state index contributed by atoms with van der Waals surface area (Å²) in [6.07, 6.45) is 4.26. The fraction of sp³-hybridized carbons (Fsp3) is 0.333. The van der Waals surface area contributed by atoms with Crippen molar-refractivity contribution in [1.82, 2.24) is 25.0 Å². The molecular weight excluding hydrogens is 316 g/mol. The summed E-state index contributed by atoms with van der Waals surface area (Å²) < 4.78 is 5.41. The smallest absolute Gasteiger partial charge is 0.240 e. The van der Waals surface area contributed by atoms with E-state index >= 15 is 0 Å². The molecular formula is C18H20N6O. The molecule has 1 fully saturated rings. The molecule has 3 aromatic rings. The van der Waals surface area contributed by atoms with Crippen LogP contribution in [-0.4, -0.2) is 51.2 Å². The van der Waals surface area contributed by atoms with Gasteiger partial charge in [-0.3, -0.25) is 4.90 Å². The van der Waals surface area contributed by atoms with Crippen LogP contribution in [0.3, 0.4) is 0 Å². The van der Waals surface area contributed by atoms with Crippen LogP contribution in [0.15, 0.2) is 53.3 Å². The van der Waals surface area contributed by atoms with Crippen LogP contribution in [0.4, 0.5) is 5.95 Å². The minimum absolute atomic E-state index is 0.676. The molecule has 0 radical (unpaired) electrons. The maximum Gasteiger partial charge on any atom is 0.240 e. The Balaban J connectivity index is 1.30. The van der Waals surface area contributed by atoms with Crippen molar-refractivity contribution < 1.29 is 4.52 Å². The molecule has 0 N–H and O–H groups in total. The Morgan fingerprint density at radius 2 is 1.68 bits per heavy atom. The van der Waals surface area contributed by atoms with E-state index in [9.17, 15) is 0 Å². The third-order valence-corrected chi connectivity index (χ3v) is 4.28. The van der Waals surface area contributed by atoms with Gasteiger partial charge in [-0.15, -0.1) is 0 Å². The van der Waals surface area contributed by atoms with Gasteiger partial charge in [-0.1, -0.05) is 35.5 Å². The quantitative estimate of drug-likeness (QED) is 0.703. The maximum absolute atomic E-state index is 5.41. The number of hydrogen-bond donors (Lipinski definition) is 0. The molecule has 2 aromatic heterocycles. The maximum atomic E-state index is 5.41. The molecule has 1 aromatic carbocycles. The summed E-state index contributed by atoms with van der Waals surface area (Å²) in [6, 6.07) is 12.0. The number of nitrogens with zero attached hydrogens (tertiary/aromatic N) is 6. The van der Waals surface area contributed by atoms with E-state index in [0.29, 0.717) is 18.9 Å². The molecule has 4 rings (SSSR count). The van der Waals surface area contributed by atoms with Crippen LogP contribution in [0.2, 0.25) is 0 Å². The number of hydrogen-bond acceptors (Lipinski definition) is 7. The van der Waals surface area contributed by atoms with Gasteiger partial charge in [-0.2, -0.15) is 4.98 Å². The lowest BCUT2D eigenvalue weighted by Crippen LogP contribution is -2.46. The molecule has 0 atom stereocenters. The van der Waals surface area contributed by atoms with Gasteiger partial charge in [-0.25, -0.2) is 9.97 Å². The molecule has 1 aliphatic heterocycles. The minimum atomic E-state index is 0.676. The van der Waals surface area contributed by atoms with Crippen LogP contribution < -0.4 is 4.90 Å². The highest BCUT2D eigenvalue weighted by atomic mass is 16.5. The van der Waals surface area contributed by atoms with Crippen molar-refractivity contribution in [3.8, 4) is 0 Å². The molecule has 0 unspecified atom stereocenters. The van der Waals surface area contributed by atoms with Gasteiger partial charge in [0.15, 0.2) is 5.82 Å². The van der Waals surface area contributed by atoms with Crippen molar-refractivity contribution >= 4 is 5.95 Å². The molecule has 1 aliphatic rings. The highest BCUT2D eigenvalue weighted by molar-refractivity contribution is 5.29. The zero-order chi connectivity index (χ0) is 16.9. The van der Waals surface area contributed by atoms with Gasteiger partial charge in [-0.05, 0) is 11.6 Å². The monoisotopic (exact) mass is 336 g/mol. The largest absolute Gasteiger partial charge is 0.338 e.